The summed E-state index contributed by atoms with van der Waals surface area (Å²) < 4.78 is 0. The number of nitrogens with two attached hydrogens (primary N) is 1. The normalized spacial score (nSPS) is 15.8. The van der Waals surface area contributed by atoms with Crippen LogP contribution in [0.3, 0.4) is 0 Å². The zero-order valence-corrected chi connectivity index (χ0v) is 15.1. The van der Waals surface area contributed by atoms with Crippen molar-refractivity contribution in [3.8, 4) is 0 Å². The molecule has 2 aromatic rings. The molecule has 130 valence electrons. The van der Waals surface area contributed by atoms with Gasteiger partial charge in [0, 0.05) is 25.5 Å². The number of nitrogens with zero attached hydrogens (tertiary/aromatic N) is 3. The predicted octanol–water partition coefficient (Wildman–Crippen LogP) is 3.44. The lowest BCUT2D eigenvalue weighted by atomic mass is 9.97. The Hall–Kier alpha value is -1.62. The molecule has 0 unspecified atom stereocenters. The van der Waals surface area contributed by atoms with E-state index in [0.717, 1.165) is 37.7 Å². The quantitative estimate of drug-likeness (QED) is 0.900. The summed E-state index contributed by atoms with van der Waals surface area (Å²) in [5.74, 6) is 1.69. The molecular weight excluding hydrogens is 320 g/mol. The Morgan fingerprint density at radius 1 is 1.12 bits per heavy atom. The van der Waals surface area contributed by atoms with Crippen LogP contribution in [0.1, 0.15) is 18.4 Å². The minimum absolute atomic E-state index is 0. The zero-order valence-electron chi connectivity index (χ0n) is 14.3. The van der Waals surface area contributed by atoms with Crippen LogP contribution in [-0.2, 0) is 6.54 Å². The molecule has 2 heterocycles. The number of benzene rings is 1. The average Bonchev–Trinajstić information content (AvgIpc) is 2.63. The lowest BCUT2D eigenvalue weighted by molar-refractivity contribution is 0.180. The Balaban J connectivity index is 0.00000208. The van der Waals surface area contributed by atoms with Gasteiger partial charge in [-0.3, -0.25) is 4.90 Å². The zero-order chi connectivity index (χ0) is 16.1. The van der Waals surface area contributed by atoms with E-state index >= 15 is 0 Å². The third kappa shape index (κ3) is 4.69. The number of rotatable bonds is 5. The van der Waals surface area contributed by atoms with Gasteiger partial charge in [0.2, 0.25) is 0 Å². The fourth-order valence-electron chi connectivity index (χ4n) is 3.13. The molecule has 0 atom stereocenters. The van der Waals surface area contributed by atoms with Crippen LogP contribution in [0, 0.1) is 5.92 Å². The molecule has 1 aromatic heterocycles. The van der Waals surface area contributed by atoms with Gasteiger partial charge in [-0.05, 0) is 62.2 Å². The molecule has 24 heavy (non-hydrogen) atoms. The van der Waals surface area contributed by atoms with Crippen molar-refractivity contribution in [3.63, 3.8) is 0 Å². The molecule has 2 N–H and O–H groups in total. The molecule has 0 bridgehead atoms. The van der Waals surface area contributed by atoms with Crippen LogP contribution < -0.4 is 10.6 Å². The third-order valence-corrected chi connectivity index (χ3v) is 4.74. The summed E-state index contributed by atoms with van der Waals surface area (Å²) in [6.45, 7) is 4.11. The number of anilines is 2. The molecular formula is C19H27ClN4. The Morgan fingerprint density at radius 3 is 2.42 bits per heavy atom. The number of likely N-dealkylation sites (tertiary alicyclic amines) is 1. The summed E-state index contributed by atoms with van der Waals surface area (Å²) >= 11 is 0. The highest BCUT2D eigenvalue weighted by molar-refractivity contribution is 5.85. The number of hydrogen-bond donors (Lipinski definition) is 1. The Bertz CT molecular complexity index is 595. The van der Waals surface area contributed by atoms with Crippen molar-refractivity contribution < 1.29 is 0 Å². The van der Waals surface area contributed by atoms with Crippen molar-refractivity contribution >= 4 is 23.9 Å². The average molecular weight is 347 g/mol. The van der Waals surface area contributed by atoms with Crippen LogP contribution in [0.15, 0.2) is 48.7 Å². The van der Waals surface area contributed by atoms with Gasteiger partial charge in [0.25, 0.3) is 0 Å². The Morgan fingerprint density at radius 2 is 1.83 bits per heavy atom. The Kier molecular flexibility index (Phi) is 7.03. The van der Waals surface area contributed by atoms with Crippen LogP contribution in [0.5, 0.6) is 0 Å². The molecule has 1 aliphatic rings. The molecule has 5 heteroatoms. The fourth-order valence-corrected chi connectivity index (χ4v) is 3.13. The van der Waals surface area contributed by atoms with E-state index in [-0.39, 0.29) is 12.4 Å². The first kappa shape index (κ1) is 18.7. The van der Waals surface area contributed by atoms with Crippen molar-refractivity contribution in [1.29, 1.82) is 0 Å². The highest BCUT2D eigenvalue weighted by Gasteiger charge is 2.18. The number of aromatic nitrogens is 1. The minimum atomic E-state index is 0. The lowest BCUT2D eigenvalue weighted by Crippen LogP contribution is -2.35. The molecule has 0 radical (unpaired) electrons. The number of piperidine rings is 1. The van der Waals surface area contributed by atoms with Gasteiger partial charge in [-0.1, -0.05) is 24.3 Å². The van der Waals surface area contributed by atoms with Crippen molar-refractivity contribution in [1.82, 2.24) is 9.88 Å². The van der Waals surface area contributed by atoms with Crippen molar-refractivity contribution in [2.45, 2.75) is 19.4 Å². The first-order valence-corrected chi connectivity index (χ1v) is 8.42. The predicted molar refractivity (Wildman–Crippen MR) is 103 cm³/mol. The largest absolute Gasteiger partial charge is 0.330 e. The maximum absolute atomic E-state index is 5.76. The van der Waals surface area contributed by atoms with Crippen LogP contribution >= 0.6 is 12.4 Å². The maximum Gasteiger partial charge on any atom is 0.132 e. The topological polar surface area (TPSA) is 45.4 Å². The molecule has 0 saturated carbocycles. The van der Waals surface area contributed by atoms with Gasteiger partial charge >= 0.3 is 0 Å². The van der Waals surface area contributed by atoms with E-state index in [9.17, 15) is 0 Å². The van der Waals surface area contributed by atoms with Crippen LogP contribution in [0.4, 0.5) is 11.5 Å². The molecule has 0 aliphatic carbocycles. The summed E-state index contributed by atoms with van der Waals surface area (Å²) in [5.41, 5.74) is 8.19. The molecule has 1 aliphatic heterocycles. The van der Waals surface area contributed by atoms with E-state index < -0.39 is 0 Å². The molecule has 1 fully saturated rings. The highest BCUT2D eigenvalue weighted by atomic mass is 35.5. The van der Waals surface area contributed by atoms with Gasteiger partial charge in [0.1, 0.15) is 5.82 Å². The van der Waals surface area contributed by atoms with Gasteiger partial charge in [-0.2, -0.15) is 0 Å². The number of pyridine rings is 1. The van der Waals surface area contributed by atoms with Crippen LogP contribution in [0.2, 0.25) is 0 Å². The van der Waals surface area contributed by atoms with Crippen molar-refractivity contribution in [2.75, 3.05) is 31.6 Å². The standard InChI is InChI=1S/C19H26N4.ClH/c1-22(18-5-3-2-4-6-18)19-8-7-17(14-21-19)15-23-11-9-16(13-20)10-12-23;/h2-8,14,16H,9-13,15,20H2,1H3;1H. The van der Waals surface area contributed by atoms with E-state index in [2.05, 4.69) is 46.1 Å². The van der Waals surface area contributed by atoms with Gasteiger partial charge in [0.05, 0.1) is 0 Å². The monoisotopic (exact) mass is 346 g/mol. The molecule has 1 saturated heterocycles. The fraction of sp³-hybridized carbons (Fsp3) is 0.421. The summed E-state index contributed by atoms with van der Waals surface area (Å²) in [7, 11) is 2.05. The van der Waals surface area contributed by atoms with Crippen molar-refractivity contribution in [3.05, 3.63) is 54.2 Å². The molecule has 3 rings (SSSR count). The van der Waals surface area contributed by atoms with E-state index in [1.54, 1.807) is 0 Å². The number of para-hydroxylation sites is 1. The Labute approximate surface area is 151 Å². The second-order valence-electron chi connectivity index (χ2n) is 6.37. The van der Waals surface area contributed by atoms with E-state index in [1.807, 2.05) is 24.4 Å². The van der Waals surface area contributed by atoms with E-state index in [1.165, 1.54) is 18.4 Å². The first-order valence-electron chi connectivity index (χ1n) is 8.42. The highest BCUT2D eigenvalue weighted by Crippen LogP contribution is 2.22. The first-order chi connectivity index (χ1) is 11.3. The molecule has 1 aromatic carbocycles. The molecule has 4 nitrogen and oxygen atoms in total. The van der Waals surface area contributed by atoms with Crippen LogP contribution in [-0.4, -0.2) is 36.6 Å². The second-order valence-corrected chi connectivity index (χ2v) is 6.37. The summed E-state index contributed by atoms with van der Waals surface area (Å²) in [6, 6.07) is 14.6. The van der Waals surface area contributed by atoms with Gasteiger partial charge in [0.15, 0.2) is 0 Å². The van der Waals surface area contributed by atoms with Crippen molar-refractivity contribution in [2.24, 2.45) is 11.7 Å². The number of halogens is 1. The van der Waals surface area contributed by atoms with Gasteiger partial charge in [-0.15, -0.1) is 12.4 Å². The molecule has 0 amide bonds. The van der Waals surface area contributed by atoms with Gasteiger partial charge in [-0.25, -0.2) is 4.98 Å². The SMILES string of the molecule is CN(c1ccccc1)c1ccc(CN2CCC(CN)CC2)cn1.Cl. The van der Waals surface area contributed by atoms with Gasteiger partial charge < -0.3 is 10.6 Å². The number of hydrogen-bond acceptors (Lipinski definition) is 4. The third-order valence-electron chi connectivity index (χ3n) is 4.74. The molecule has 0 spiro atoms. The summed E-state index contributed by atoms with van der Waals surface area (Å²) in [4.78, 5) is 9.24. The smallest absolute Gasteiger partial charge is 0.132 e. The van der Waals surface area contributed by atoms with E-state index in [0.29, 0.717) is 5.92 Å². The summed E-state index contributed by atoms with van der Waals surface area (Å²) in [5, 5.41) is 0. The lowest BCUT2D eigenvalue weighted by Gasteiger charge is -2.31. The second kappa shape index (κ2) is 9.02. The minimum Gasteiger partial charge on any atom is -0.330 e. The van der Waals surface area contributed by atoms with Crippen LogP contribution in [0.25, 0.3) is 0 Å². The summed E-state index contributed by atoms with van der Waals surface area (Å²) in [6.07, 6.45) is 4.45. The van der Waals surface area contributed by atoms with E-state index in [4.69, 9.17) is 5.73 Å². The maximum atomic E-state index is 5.76.